The Labute approximate surface area is 207 Å². The van der Waals surface area contributed by atoms with Crippen LogP contribution in [0.25, 0.3) is 11.3 Å². The molecule has 1 aliphatic heterocycles. The number of hydrogen-bond acceptors (Lipinski definition) is 5. The second-order valence-corrected chi connectivity index (χ2v) is 8.66. The summed E-state index contributed by atoms with van der Waals surface area (Å²) in [7, 11) is 4.15. The second kappa shape index (κ2) is 11.1. The summed E-state index contributed by atoms with van der Waals surface area (Å²) in [5.74, 6) is 1.09. The molecule has 3 aromatic carbocycles. The Kier molecular flexibility index (Phi) is 7.73. The summed E-state index contributed by atoms with van der Waals surface area (Å²) in [6.45, 7) is 5.87. The highest BCUT2D eigenvalue weighted by Gasteiger charge is 2.30. The molecule has 1 amide bonds. The number of anilines is 2. The van der Waals surface area contributed by atoms with Gasteiger partial charge in [-0.2, -0.15) is 0 Å². The third-order valence-corrected chi connectivity index (χ3v) is 5.81. The molecule has 0 atom stereocenters. The molecule has 2 N–H and O–H groups in total. The second-order valence-electron chi connectivity index (χ2n) is 8.66. The zero-order valence-electron chi connectivity index (χ0n) is 20.9. The van der Waals surface area contributed by atoms with Gasteiger partial charge in [0, 0.05) is 23.9 Å². The van der Waals surface area contributed by atoms with Crippen LogP contribution in [0.4, 0.5) is 11.4 Å². The molecule has 0 aromatic heterocycles. The van der Waals surface area contributed by atoms with Crippen molar-refractivity contribution in [3.63, 3.8) is 0 Å². The summed E-state index contributed by atoms with van der Waals surface area (Å²) in [6.07, 6.45) is 0.984. The Bertz CT molecular complexity index is 1200. The Morgan fingerprint density at radius 3 is 2.20 bits per heavy atom. The van der Waals surface area contributed by atoms with Crippen molar-refractivity contribution in [2.45, 2.75) is 20.3 Å². The monoisotopic (exact) mass is 471 g/mol. The van der Waals surface area contributed by atoms with Crippen molar-refractivity contribution in [1.29, 1.82) is 0 Å². The van der Waals surface area contributed by atoms with E-state index in [1.54, 1.807) is 0 Å². The minimum absolute atomic E-state index is 0.162. The first-order valence-electron chi connectivity index (χ1n) is 12.1. The lowest BCUT2D eigenvalue weighted by molar-refractivity contribution is -0.110. The van der Waals surface area contributed by atoms with Crippen LogP contribution in [0.1, 0.15) is 30.5 Å². The van der Waals surface area contributed by atoms with Gasteiger partial charge in [-0.1, -0.05) is 42.5 Å². The van der Waals surface area contributed by atoms with E-state index in [2.05, 4.69) is 53.9 Å². The number of carbonyl (C=O) groups excluding carboxylic acids is 1. The van der Waals surface area contributed by atoms with Crippen LogP contribution in [-0.4, -0.2) is 44.7 Å². The highest BCUT2D eigenvalue weighted by atomic mass is 16.5. The SMILES string of the molecule is CCOc1cc2c(cc1OCC)C(=C(Nc1ccc(CCN(C)C)cc1)c1ccccc1)C(=O)N2. The third-order valence-electron chi connectivity index (χ3n) is 5.81. The molecule has 0 fully saturated rings. The zero-order chi connectivity index (χ0) is 24.8. The van der Waals surface area contributed by atoms with Gasteiger partial charge in [-0.25, -0.2) is 0 Å². The van der Waals surface area contributed by atoms with Crippen LogP contribution in [-0.2, 0) is 11.2 Å². The van der Waals surface area contributed by atoms with Crippen molar-refractivity contribution in [3.05, 3.63) is 83.4 Å². The largest absolute Gasteiger partial charge is 0.490 e. The van der Waals surface area contributed by atoms with Gasteiger partial charge in [0.2, 0.25) is 0 Å². The molecule has 0 unspecified atom stereocenters. The predicted molar refractivity (Wildman–Crippen MR) is 143 cm³/mol. The van der Waals surface area contributed by atoms with Crippen LogP contribution in [0.2, 0.25) is 0 Å². The number of likely N-dealkylation sites (N-methyl/N-ethyl adjacent to an activating group) is 1. The molecule has 0 spiro atoms. The van der Waals surface area contributed by atoms with Crippen molar-refractivity contribution in [2.75, 3.05) is 44.5 Å². The topological polar surface area (TPSA) is 62.8 Å². The Hall–Kier alpha value is -3.77. The first kappa shape index (κ1) is 24.4. The van der Waals surface area contributed by atoms with Crippen LogP contribution >= 0.6 is 0 Å². The van der Waals surface area contributed by atoms with Crippen LogP contribution in [0, 0.1) is 0 Å². The minimum Gasteiger partial charge on any atom is -0.490 e. The highest BCUT2D eigenvalue weighted by molar-refractivity contribution is 6.37. The van der Waals surface area contributed by atoms with Gasteiger partial charge < -0.3 is 25.0 Å². The molecule has 182 valence electrons. The maximum Gasteiger partial charge on any atom is 0.258 e. The van der Waals surface area contributed by atoms with Gasteiger partial charge in [0.25, 0.3) is 5.91 Å². The average molecular weight is 472 g/mol. The fraction of sp³-hybridized carbons (Fsp3) is 0.276. The van der Waals surface area contributed by atoms with Gasteiger partial charge in [0.05, 0.1) is 30.2 Å². The van der Waals surface area contributed by atoms with Crippen molar-refractivity contribution >= 4 is 28.6 Å². The first-order valence-corrected chi connectivity index (χ1v) is 12.1. The van der Waals surface area contributed by atoms with E-state index < -0.39 is 0 Å². The molecule has 0 bridgehead atoms. The first-order chi connectivity index (χ1) is 17.0. The Balaban J connectivity index is 1.77. The molecule has 4 rings (SSSR count). The lowest BCUT2D eigenvalue weighted by atomic mass is 9.99. The van der Waals surface area contributed by atoms with Crippen molar-refractivity contribution in [2.24, 2.45) is 0 Å². The molecule has 0 radical (unpaired) electrons. The number of amides is 1. The van der Waals surface area contributed by atoms with E-state index in [4.69, 9.17) is 9.47 Å². The summed E-state index contributed by atoms with van der Waals surface area (Å²) < 4.78 is 11.6. The summed E-state index contributed by atoms with van der Waals surface area (Å²) in [6, 6.07) is 22.0. The summed E-state index contributed by atoms with van der Waals surface area (Å²) in [5, 5.41) is 6.54. The summed E-state index contributed by atoms with van der Waals surface area (Å²) in [4.78, 5) is 15.5. The molecule has 1 aliphatic rings. The molecule has 6 heteroatoms. The third kappa shape index (κ3) is 5.66. The van der Waals surface area contributed by atoms with Gasteiger partial charge in [-0.05, 0) is 63.7 Å². The van der Waals surface area contributed by atoms with E-state index in [0.29, 0.717) is 36.0 Å². The van der Waals surface area contributed by atoms with Gasteiger partial charge in [0.15, 0.2) is 11.5 Å². The number of hydrogen-bond donors (Lipinski definition) is 2. The Morgan fingerprint density at radius 2 is 1.57 bits per heavy atom. The lowest BCUT2D eigenvalue weighted by Gasteiger charge is -2.16. The molecule has 0 saturated heterocycles. The molecule has 35 heavy (non-hydrogen) atoms. The standard InChI is InChI=1S/C29H33N3O3/c1-5-34-25-18-23-24(19-26(25)35-6-2)31-29(33)27(23)28(21-10-8-7-9-11-21)30-22-14-12-20(13-15-22)16-17-32(3)4/h7-15,18-19,30H,5-6,16-17H2,1-4H3,(H,31,33). The number of carbonyl (C=O) groups is 1. The van der Waals surface area contributed by atoms with E-state index in [9.17, 15) is 4.79 Å². The van der Waals surface area contributed by atoms with Gasteiger partial charge in [-0.15, -0.1) is 0 Å². The smallest absolute Gasteiger partial charge is 0.258 e. The number of rotatable bonds is 10. The van der Waals surface area contributed by atoms with Crippen LogP contribution in [0.3, 0.4) is 0 Å². The number of ether oxygens (including phenoxy) is 2. The van der Waals surface area contributed by atoms with E-state index in [1.165, 1.54) is 5.56 Å². The van der Waals surface area contributed by atoms with Crippen LogP contribution in [0.5, 0.6) is 11.5 Å². The number of fused-ring (bicyclic) bond motifs is 1. The Morgan fingerprint density at radius 1 is 0.914 bits per heavy atom. The maximum atomic E-state index is 13.3. The van der Waals surface area contributed by atoms with Crippen molar-refractivity contribution < 1.29 is 14.3 Å². The van der Waals surface area contributed by atoms with Crippen LogP contribution in [0.15, 0.2) is 66.7 Å². The van der Waals surface area contributed by atoms with Gasteiger partial charge in [0.1, 0.15) is 0 Å². The van der Waals surface area contributed by atoms with E-state index >= 15 is 0 Å². The maximum absolute atomic E-state index is 13.3. The molecular weight excluding hydrogens is 438 g/mol. The number of nitrogens with one attached hydrogen (secondary N) is 2. The van der Waals surface area contributed by atoms with Gasteiger partial charge in [-0.3, -0.25) is 4.79 Å². The molecule has 0 saturated carbocycles. The summed E-state index contributed by atoms with van der Waals surface area (Å²) in [5.41, 5.74) is 5.94. The molecule has 0 aliphatic carbocycles. The molecule has 1 heterocycles. The van der Waals surface area contributed by atoms with Crippen molar-refractivity contribution in [3.8, 4) is 11.5 Å². The predicted octanol–water partition coefficient (Wildman–Crippen LogP) is 5.52. The fourth-order valence-electron chi connectivity index (χ4n) is 4.10. The zero-order valence-corrected chi connectivity index (χ0v) is 20.9. The highest BCUT2D eigenvalue weighted by Crippen LogP contribution is 2.43. The minimum atomic E-state index is -0.162. The molecule has 3 aromatic rings. The number of benzene rings is 3. The lowest BCUT2D eigenvalue weighted by Crippen LogP contribution is -2.15. The quantitative estimate of drug-likeness (QED) is 0.381. The fourth-order valence-corrected chi connectivity index (χ4v) is 4.10. The number of nitrogens with zero attached hydrogens (tertiary/aromatic N) is 1. The normalized spacial score (nSPS) is 13.9. The van der Waals surface area contributed by atoms with E-state index in [1.807, 2.05) is 56.3 Å². The molecule has 6 nitrogen and oxygen atoms in total. The van der Waals surface area contributed by atoms with Gasteiger partial charge >= 0.3 is 0 Å². The molecular formula is C29H33N3O3. The van der Waals surface area contributed by atoms with Crippen molar-refractivity contribution in [1.82, 2.24) is 4.90 Å². The average Bonchev–Trinajstić information content (AvgIpc) is 3.17. The van der Waals surface area contributed by atoms with Crippen LogP contribution < -0.4 is 20.1 Å². The van der Waals surface area contributed by atoms with E-state index in [0.717, 1.165) is 35.5 Å². The van der Waals surface area contributed by atoms with E-state index in [-0.39, 0.29) is 5.91 Å². The summed E-state index contributed by atoms with van der Waals surface area (Å²) >= 11 is 0.